The molecule has 0 heterocycles. The van der Waals surface area contributed by atoms with Gasteiger partial charge in [0.25, 0.3) is 0 Å². The maximum absolute atomic E-state index is 12.4. The second-order valence-electron chi connectivity index (χ2n) is 6.92. The predicted molar refractivity (Wildman–Crippen MR) is 78.0 cm³/mol. The lowest BCUT2D eigenvalue weighted by Gasteiger charge is -2.46. The van der Waals surface area contributed by atoms with Gasteiger partial charge in [-0.3, -0.25) is 0 Å². The summed E-state index contributed by atoms with van der Waals surface area (Å²) in [4.78, 5) is 12.4. The lowest BCUT2D eigenvalue weighted by Crippen LogP contribution is -2.41. The molecule has 2 fully saturated rings. The summed E-state index contributed by atoms with van der Waals surface area (Å²) in [6.45, 7) is 2.41. The van der Waals surface area contributed by atoms with Gasteiger partial charge in [0.05, 0.1) is 6.61 Å². The zero-order valence-electron chi connectivity index (χ0n) is 12.3. The lowest BCUT2D eigenvalue weighted by atomic mass is 9.58. The van der Waals surface area contributed by atoms with Crippen LogP contribution < -0.4 is 0 Å². The van der Waals surface area contributed by atoms with E-state index >= 15 is 0 Å². The molecule has 0 amide bonds. The molecule has 0 aliphatic heterocycles. The lowest BCUT2D eigenvalue weighted by molar-refractivity contribution is -0.140. The minimum atomic E-state index is -0.00438. The van der Waals surface area contributed by atoms with E-state index < -0.39 is 0 Å². The number of allylic oxidation sites excluding steroid dienone is 3. The second-order valence-corrected chi connectivity index (χ2v) is 6.92. The highest BCUT2D eigenvalue weighted by molar-refractivity contribution is 5.93. The van der Waals surface area contributed by atoms with Gasteiger partial charge >= 0.3 is 5.97 Å². The van der Waals surface area contributed by atoms with Gasteiger partial charge in [-0.15, -0.1) is 0 Å². The summed E-state index contributed by atoms with van der Waals surface area (Å²) in [7, 11) is 0. The Kier molecular flexibility index (Phi) is 3.01. The summed E-state index contributed by atoms with van der Waals surface area (Å²) in [5, 5.41) is 0. The van der Waals surface area contributed by atoms with E-state index in [1.807, 2.05) is 6.92 Å². The molecule has 0 unspecified atom stereocenters. The Bertz CT molecular complexity index is 482. The van der Waals surface area contributed by atoms with Crippen LogP contribution in [0.3, 0.4) is 0 Å². The standard InChI is InChI=1S/C18H24O2/c1-2-20-18(19)17-14(11-6-4-3-5-7-11)15-12-8-9-13(10-12)16(15)17/h8-9,11-13,15-16H,2-7,10H2,1H3/t12-,13+,15-,16-/m1/s1. The number of ether oxygens (including phenoxy) is 1. The van der Waals surface area contributed by atoms with Crippen molar-refractivity contribution in [1.29, 1.82) is 0 Å². The molecule has 0 aromatic carbocycles. The highest BCUT2D eigenvalue weighted by Crippen LogP contribution is 2.63. The summed E-state index contributed by atoms with van der Waals surface area (Å²) in [5.74, 6) is 3.21. The molecule has 0 radical (unpaired) electrons. The van der Waals surface area contributed by atoms with Gasteiger partial charge in [-0.1, -0.05) is 37.0 Å². The zero-order chi connectivity index (χ0) is 13.7. The highest BCUT2D eigenvalue weighted by atomic mass is 16.5. The first-order valence-corrected chi connectivity index (χ1v) is 8.40. The van der Waals surface area contributed by atoms with E-state index in [4.69, 9.17) is 4.74 Å². The van der Waals surface area contributed by atoms with E-state index in [1.54, 1.807) is 0 Å². The molecule has 2 bridgehead atoms. The maximum atomic E-state index is 12.4. The molecule has 4 atom stereocenters. The molecule has 4 rings (SSSR count). The summed E-state index contributed by atoms with van der Waals surface area (Å²) >= 11 is 0. The van der Waals surface area contributed by atoms with Crippen molar-refractivity contribution in [2.45, 2.75) is 45.4 Å². The van der Waals surface area contributed by atoms with Gasteiger partial charge in [-0.05, 0) is 49.9 Å². The maximum Gasteiger partial charge on any atom is 0.334 e. The van der Waals surface area contributed by atoms with Crippen molar-refractivity contribution >= 4 is 5.97 Å². The minimum absolute atomic E-state index is 0.00438. The normalized spacial score (nSPS) is 38.9. The van der Waals surface area contributed by atoms with Gasteiger partial charge in [0.1, 0.15) is 0 Å². The van der Waals surface area contributed by atoms with Crippen LogP contribution in [-0.4, -0.2) is 12.6 Å². The first kappa shape index (κ1) is 12.7. The van der Waals surface area contributed by atoms with Crippen LogP contribution in [0.5, 0.6) is 0 Å². The van der Waals surface area contributed by atoms with Crippen molar-refractivity contribution in [1.82, 2.24) is 0 Å². The van der Waals surface area contributed by atoms with Gasteiger partial charge in [-0.25, -0.2) is 4.79 Å². The molecule has 108 valence electrons. The molecule has 0 N–H and O–H groups in total. The molecule has 0 aromatic heterocycles. The Hall–Kier alpha value is -1.05. The predicted octanol–water partition coefficient (Wildman–Crippen LogP) is 3.88. The van der Waals surface area contributed by atoms with Gasteiger partial charge < -0.3 is 4.74 Å². The largest absolute Gasteiger partial charge is 0.463 e. The molecule has 2 nitrogen and oxygen atoms in total. The van der Waals surface area contributed by atoms with Crippen LogP contribution >= 0.6 is 0 Å². The number of esters is 1. The van der Waals surface area contributed by atoms with Crippen molar-refractivity contribution in [2.24, 2.45) is 29.6 Å². The van der Waals surface area contributed by atoms with E-state index in [2.05, 4.69) is 12.2 Å². The van der Waals surface area contributed by atoms with Crippen molar-refractivity contribution in [3.8, 4) is 0 Å². The average molecular weight is 272 g/mol. The second kappa shape index (κ2) is 4.75. The minimum Gasteiger partial charge on any atom is -0.463 e. The summed E-state index contributed by atoms with van der Waals surface area (Å²) < 4.78 is 5.36. The number of carbonyl (C=O) groups excluding carboxylic acids is 1. The van der Waals surface area contributed by atoms with Crippen LogP contribution in [0.25, 0.3) is 0 Å². The highest BCUT2D eigenvalue weighted by Gasteiger charge is 2.58. The number of fused-ring (bicyclic) bond motifs is 5. The molecule has 4 aliphatic rings. The van der Waals surface area contributed by atoms with E-state index in [0.29, 0.717) is 30.3 Å². The summed E-state index contributed by atoms with van der Waals surface area (Å²) in [5.41, 5.74) is 2.62. The van der Waals surface area contributed by atoms with E-state index in [0.717, 1.165) is 11.5 Å². The fourth-order valence-electron chi connectivity index (χ4n) is 5.28. The Morgan fingerprint density at radius 3 is 2.55 bits per heavy atom. The molecule has 0 saturated heterocycles. The van der Waals surface area contributed by atoms with Crippen molar-refractivity contribution in [2.75, 3.05) is 6.61 Å². The zero-order valence-corrected chi connectivity index (χ0v) is 12.3. The molecule has 2 saturated carbocycles. The Balaban J connectivity index is 1.67. The Morgan fingerprint density at radius 1 is 1.15 bits per heavy atom. The van der Waals surface area contributed by atoms with Crippen LogP contribution in [0, 0.1) is 29.6 Å². The quantitative estimate of drug-likeness (QED) is 0.575. The fourth-order valence-corrected chi connectivity index (χ4v) is 5.28. The number of hydrogen-bond acceptors (Lipinski definition) is 2. The number of rotatable bonds is 3. The molecule has 0 aromatic rings. The first-order chi connectivity index (χ1) is 9.81. The van der Waals surface area contributed by atoms with Crippen LogP contribution in [0.1, 0.15) is 45.4 Å². The molecular formula is C18H24O2. The molecule has 4 aliphatic carbocycles. The SMILES string of the molecule is CCOC(=O)C1=C(C2CCCCC2)[C@@H]2[C@H]1[C@H]1C=C[C@@H]2C1. The van der Waals surface area contributed by atoms with Gasteiger partial charge in [0.15, 0.2) is 0 Å². The van der Waals surface area contributed by atoms with Gasteiger partial charge in [-0.2, -0.15) is 0 Å². The van der Waals surface area contributed by atoms with Crippen molar-refractivity contribution < 1.29 is 9.53 Å². The Labute approximate surface area is 121 Å². The summed E-state index contributed by atoms with van der Waals surface area (Å²) in [6.07, 6.45) is 12.7. The first-order valence-electron chi connectivity index (χ1n) is 8.40. The van der Waals surface area contributed by atoms with Crippen LogP contribution in [0.15, 0.2) is 23.3 Å². The van der Waals surface area contributed by atoms with E-state index in [-0.39, 0.29) is 5.97 Å². The van der Waals surface area contributed by atoms with E-state index in [1.165, 1.54) is 44.1 Å². The molecule has 2 heteroatoms. The Morgan fingerprint density at radius 2 is 1.85 bits per heavy atom. The van der Waals surface area contributed by atoms with E-state index in [9.17, 15) is 4.79 Å². The third kappa shape index (κ3) is 1.66. The van der Waals surface area contributed by atoms with Crippen molar-refractivity contribution in [3.63, 3.8) is 0 Å². The van der Waals surface area contributed by atoms with Crippen LogP contribution in [0.2, 0.25) is 0 Å². The average Bonchev–Trinajstić information content (AvgIpc) is 2.98. The monoisotopic (exact) mass is 272 g/mol. The topological polar surface area (TPSA) is 26.3 Å². The number of hydrogen-bond donors (Lipinski definition) is 0. The smallest absolute Gasteiger partial charge is 0.334 e. The number of carbonyl (C=O) groups is 1. The van der Waals surface area contributed by atoms with Gasteiger partial charge in [0, 0.05) is 11.5 Å². The summed E-state index contributed by atoms with van der Waals surface area (Å²) in [6, 6.07) is 0. The van der Waals surface area contributed by atoms with Crippen LogP contribution in [0.4, 0.5) is 0 Å². The fraction of sp³-hybridized carbons (Fsp3) is 0.722. The molecule has 0 spiro atoms. The third-order valence-electron chi connectivity index (χ3n) is 6.00. The third-order valence-corrected chi connectivity index (χ3v) is 6.00. The molecular weight excluding hydrogens is 248 g/mol. The van der Waals surface area contributed by atoms with Crippen LogP contribution in [-0.2, 0) is 9.53 Å². The molecule has 20 heavy (non-hydrogen) atoms. The van der Waals surface area contributed by atoms with Crippen molar-refractivity contribution in [3.05, 3.63) is 23.3 Å². The van der Waals surface area contributed by atoms with Gasteiger partial charge in [0.2, 0.25) is 0 Å².